The number of ether oxygens (including phenoxy) is 2. The Morgan fingerprint density at radius 2 is 0.805 bits per heavy atom. The van der Waals surface area contributed by atoms with Crippen molar-refractivity contribution in [1.29, 1.82) is 0 Å². The maximum Gasteiger partial charge on any atom is 0.306 e. The molecular weight excluding hydrogens is 508 g/mol. The highest BCUT2D eigenvalue weighted by Gasteiger charge is 2.13. The number of esters is 1. The second-order valence-corrected chi connectivity index (χ2v) is 12.7. The van der Waals surface area contributed by atoms with Crippen LogP contribution in [-0.4, -0.2) is 37.0 Å². The van der Waals surface area contributed by atoms with Crippen molar-refractivity contribution >= 4 is 5.97 Å². The van der Waals surface area contributed by atoms with E-state index >= 15 is 0 Å². The summed E-state index contributed by atoms with van der Waals surface area (Å²) in [5.41, 5.74) is 0. The maximum atomic E-state index is 12.1. The van der Waals surface area contributed by atoms with Crippen molar-refractivity contribution in [2.75, 3.05) is 19.8 Å². The fourth-order valence-electron chi connectivity index (χ4n) is 5.62. The Morgan fingerprint density at radius 1 is 0.488 bits per heavy atom. The summed E-state index contributed by atoms with van der Waals surface area (Å²) in [5.74, 6) is -0.200. The Bertz CT molecular complexity index is 495. The first kappa shape index (κ1) is 40.4. The van der Waals surface area contributed by atoms with Crippen LogP contribution in [0.15, 0.2) is 0 Å². The van der Waals surface area contributed by atoms with Gasteiger partial charge in [-0.15, -0.1) is 0 Å². The zero-order valence-electron chi connectivity index (χ0n) is 28.1. The molecule has 41 heavy (non-hydrogen) atoms. The first-order chi connectivity index (χ1) is 20.2. The lowest BCUT2D eigenvalue weighted by molar-refractivity contribution is -0.154. The van der Waals surface area contributed by atoms with E-state index in [0.717, 1.165) is 19.3 Å². The first-order valence-corrected chi connectivity index (χ1v) is 18.6. The number of hydrogen-bond acceptors (Lipinski definition) is 4. The Hall–Kier alpha value is -0.610. The van der Waals surface area contributed by atoms with Gasteiger partial charge >= 0.3 is 5.97 Å². The minimum Gasteiger partial charge on any atom is -0.457 e. The van der Waals surface area contributed by atoms with Crippen LogP contribution in [0.4, 0.5) is 0 Å². The highest BCUT2D eigenvalue weighted by Crippen LogP contribution is 2.15. The van der Waals surface area contributed by atoms with E-state index in [1.54, 1.807) is 0 Å². The summed E-state index contributed by atoms with van der Waals surface area (Å²) in [4.78, 5) is 12.1. The van der Waals surface area contributed by atoms with Crippen molar-refractivity contribution in [1.82, 2.24) is 0 Å². The van der Waals surface area contributed by atoms with Crippen molar-refractivity contribution in [2.45, 2.75) is 213 Å². The monoisotopic (exact) mass is 583 g/mol. The molecule has 0 aliphatic heterocycles. The Labute approximate surface area is 257 Å². The van der Waals surface area contributed by atoms with Gasteiger partial charge in [0, 0.05) is 13.0 Å². The standard InChI is InChI=1S/C37H74O4/c1-3-5-7-9-11-13-14-15-16-17-18-19-20-21-22-23-25-27-29-31-33-40-35-36(34-38)41-37(39)32-30-28-26-24-12-10-8-6-4-2/h36,38H,3-35H2,1-2H3. The molecule has 0 heterocycles. The molecule has 0 aromatic rings. The lowest BCUT2D eigenvalue weighted by atomic mass is 10.0. The van der Waals surface area contributed by atoms with Crippen LogP contribution in [0.1, 0.15) is 206 Å². The van der Waals surface area contributed by atoms with Gasteiger partial charge in [-0.3, -0.25) is 4.79 Å². The normalized spacial score (nSPS) is 12.2. The van der Waals surface area contributed by atoms with E-state index in [1.807, 2.05) is 0 Å². The number of rotatable bonds is 35. The molecule has 0 aliphatic rings. The Balaban J connectivity index is 3.32. The van der Waals surface area contributed by atoms with Gasteiger partial charge in [-0.2, -0.15) is 0 Å². The van der Waals surface area contributed by atoms with Gasteiger partial charge in [0.05, 0.1) is 13.2 Å². The summed E-state index contributed by atoms with van der Waals surface area (Å²) in [6.45, 7) is 5.36. The molecule has 0 rings (SSSR count). The van der Waals surface area contributed by atoms with Crippen molar-refractivity contribution in [3.8, 4) is 0 Å². The van der Waals surface area contributed by atoms with Gasteiger partial charge in [-0.05, 0) is 12.8 Å². The second kappa shape index (κ2) is 35.6. The Kier molecular flexibility index (Phi) is 35.1. The van der Waals surface area contributed by atoms with Gasteiger partial charge in [0.1, 0.15) is 6.10 Å². The zero-order chi connectivity index (χ0) is 29.9. The predicted octanol–water partition coefficient (Wildman–Crippen LogP) is 11.6. The second-order valence-electron chi connectivity index (χ2n) is 12.7. The number of carbonyl (C=O) groups is 1. The van der Waals surface area contributed by atoms with E-state index < -0.39 is 6.10 Å². The molecule has 0 amide bonds. The molecule has 0 radical (unpaired) electrons. The molecule has 1 unspecified atom stereocenters. The van der Waals surface area contributed by atoms with Crippen molar-refractivity contribution < 1.29 is 19.4 Å². The van der Waals surface area contributed by atoms with E-state index in [9.17, 15) is 9.90 Å². The molecule has 0 spiro atoms. The summed E-state index contributed by atoms with van der Waals surface area (Å²) in [6.07, 6.45) is 38.7. The topological polar surface area (TPSA) is 55.8 Å². The quantitative estimate of drug-likeness (QED) is 0.0596. The smallest absolute Gasteiger partial charge is 0.306 e. The van der Waals surface area contributed by atoms with Crippen molar-refractivity contribution in [2.24, 2.45) is 0 Å². The highest BCUT2D eigenvalue weighted by atomic mass is 16.6. The number of carbonyl (C=O) groups excluding carboxylic acids is 1. The maximum absolute atomic E-state index is 12.1. The summed E-state index contributed by atoms with van der Waals surface area (Å²) >= 11 is 0. The Morgan fingerprint density at radius 3 is 1.15 bits per heavy atom. The SMILES string of the molecule is CCCCCCCCCCCCCCCCCCCCCCOCC(CO)OC(=O)CCCCCCCCCCC. The van der Waals surface area contributed by atoms with Crippen LogP contribution in [-0.2, 0) is 14.3 Å². The molecule has 1 N–H and O–H groups in total. The van der Waals surface area contributed by atoms with Crippen LogP contribution in [0, 0.1) is 0 Å². The molecule has 246 valence electrons. The summed E-state index contributed by atoms with van der Waals surface area (Å²) in [5, 5.41) is 9.52. The average molecular weight is 583 g/mol. The van der Waals surface area contributed by atoms with Crippen LogP contribution in [0.5, 0.6) is 0 Å². The summed E-state index contributed by atoms with van der Waals surface area (Å²) in [7, 11) is 0. The fraction of sp³-hybridized carbons (Fsp3) is 0.973. The van der Waals surface area contributed by atoms with Gasteiger partial charge in [0.25, 0.3) is 0 Å². The summed E-state index contributed by atoms with van der Waals surface area (Å²) < 4.78 is 11.1. The molecule has 0 aromatic heterocycles. The molecule has 4 heteroatoms. The van der Waals surface area contributed by atoms with Crippen LogP contribution >= 0.6 is 0 Å². The lowest BCUT2D eigenvalue weighted by Crippen LogP contribution is -2.27. The van der Waals surface area contributed by atoms with Crippen molar-refractivity contribution in [3.63, 3.8) is 0 Å². The minimum atomic E-state index is -0.522. The minimum absolute atomic E-state index is 0.164. The summed E-state index contributed by atoms with van der Waals surface area (Å²) in [6, 6.07) is 0. The number of unbranched alkanes of at least 4 members (excludes halogenated alkanes) is 27. The van der Waals surface area contributed by atoms with Crippen LogP contribution in [0.25, 0.3) is 0 Å². The lowest BCUT2D eigenvalue weighted by Gasteiger charge is -2.16. The largest absolute Gasteiger partial charge is 0.457 e. The molecule has 0 fully saturated rings. The van der Waals surface area contributed by atoms with Gasteiger partial charge in [-0.25, -0.2) is 0 Å². The number of aliphatic hydroxyl groups is 1. The fourth-order valence-corrected chi connectivity index (χ4v) is 5.62. The van der Waals surface area contributed by atoms with Crippen LogP contribution in [0.2, 0.25) is 0 Å². The average Bonchev–Trinajstić information content (AvgIpc) is 2.98. The third kappa shape index (κ3) is 33.8. The van der Waals surface area contributed by atoms with Gasteiger partial charge in [-0.1, -0.05) is 187 Å². The van der Waals surface area contributed by atoms with E-state index in [2.05, 4.69) is 13.8 Å². The highest BCUT2D eigenvalue weighted by molar-refractivity contribution is 5.69. The molecule has 0 aromatic carbocycles. The van der Waals surface area contributed by atoms with Gasteiger partial charge in [0.2, 0.25) is 0 Å². The first-order valence-electron chi connectivity index (χ1n) is 18.6. The molecule has 1 atom stereocenters. The third-order valence-corrected chi connectivity index (χ3v) is 8.43. The van der Waals surface area contributed by atoms with Crippen molar-refractivity contribution in [3.05, 3.63) is 0 Å². The molecule has 0 saturated carbocycles. The van der Waals surface area contributed by atoms with E-state index in [-0.39, 0.29) is 12.6 Å². The van der Waals surface area contributed by atoms with E-state index in [4.69, 9.17) is 9.47 Å². The van der Waals surface area contributed by atoms with E-state index in [0.29, 0.717) is 19.6 Å². The van der Waals surface area contributed by atoms with E-state index in [1.165, 1.54) is 167 Å². The molecule has 4 nitrogen and oxygen atoms in total. The predicted molar refractivity (Wildman–Crippen MR) is 178 cm³/mol. The molecule has 0 bridgehead atoms. The molecular formula is C37H74O4. The molecule has 0 saturated heterocycles. The third-order valence-electron chi connectivity index (χ3n) is 8.43. The van der Waals surface area contributed by atoms with Gasteiger partial charge in [0.15, 0.2) is 0 Å². The van der Waals surface area contributed by atoms with Crippen LogP contribution < -0.4 is 0 Å². The van der Waals surface area contributed by atoms with Crippen LogP contribution in [0.3, 0.4) is 0 Å². The number of aliphatic hydroxyl groups excluding tert-OH is 1. The van der Waals surface area contributed by atoms with Gasteiger partial charge < -0.3 is 14.6 Å². The molecule has 0 aliphatic carbocycles. The number of hydrogen-bond donors (Lipinski definition) is 1. The zero-order valence-corrected chi connectivity index (χ0v) is 28.1.